The number of anilines is 3. The maximum atomic E-state index is 13.3. The number of nitrogens with one attached hydrogen (secondary N) is 3. The summed E-state index contributed by atoms with van der Waals surface area (Å²) >= 11 is 0. The van der Waals surface area contributed by atoms with E-state index < -0.39 is 0 Å². The van der Waals surface area contributed by atoms with Crippen molar-refractivity contribution in [1.82, 2.24) is 5.32 Å². The Labute approximate surface area is 162 Å². The topological polar surface area (TPSA) is 73.5 Å². The van der Waals surface area contributed by atoms with Crippen molar-refractivity contribution in [3.63, 3.8) is 0 Å². The zero-order valence-electron chi connectivity index (χ0n) is 15.5. The van der Waals surface area contributed by atoms with Crippen molar-refractivity contribution in [2.75, 3.05) is 28.6 Å². The average Bonchev–Trinajstić information content (AvgIpc) is 3.23. The zero-order valence-corrected chi connectivity index (χ0v) is 15.5. The molecule has 0 radical (unpaired) electrons. The van der Waals surface area contributed by atoms with Gasteiger partial charge in [-0.25, -0.2) is 4.39 Å². The predicted octanol–water partition coefficient (Wildman–Crippen LogP) is 2.95. The van der Waals surface area contributed by atoms with Crippen molar-refractivity contribution in [2.45, 2.75) is 19.4 Å². The van der Waals surface area contributed by atoms with E-state index in [-0.39, 0.29) is 23.7 Å². The van der Waals surface area contributed by atoms with Crippen LogP contribution in [0.1, 0.15) is 18.9 Å². The molecule has 6 nitrogen and oxygen atoms in total. The summed E-state index contributed by atoms with van der Waals surface area (Å²) in [5, 5.41) is 8.76. The van der Waals surface area contributed by atoms with Gasteiger partial charge in [0.1, 0.15) is 5.82 Å². The van der Waals surface area contributed by atoms with E-state index in [1.807, 2.05) is 24.3 Å². The van der Waals surface area contributed by atoms with Gasteiger partial charge in [0.2, 0.25) is 5.91 Å². The van der Waals surface area contributed by atoms with Gasteiger partial charge in [0, 0.05) is 49.2 Å². The van der Waals surface area contributed by atoms with Gasteiger partial charge in [-0.05, 0) is 48.9 Å². The maximum Gasteiger partial charge on any atom is 0.257 e. The van der Waals surface area contributed by atoms with Gasteiger partial charge in [-0.2, -0.15) is 0 Å². The zero-order chi connectivity index (χ0) is 19.7. The molecule has 2 aromatic rings. The summed E-state index contributed by atoms with van der Waals surface area (Å²) < 4.78 is 13.3. The number of rotatable bonds is 4. The Morgan fingerprint density at radius 1 is 1.25 bits per heavy atom. The number of benzene rings is 2. The molecule has 2 heterocycles. The number of halogens is 1. The highest BCUT2D eigenvalue weighted by Crippen LogP contribution is 2.32. The van der Waals surface area contributed by atoms with Gasteiger partial charge in [-0.3, -0.25) is 9.59 Å². The molecule has 1 saturated heterocycles. The molecule has 3 N–H and O–H groups in total. The van der Waals surface area contributed by atoms with Gasteiger partial charge in [0.15, 0.2) is 0 Å². The Hall–Kier alpha value is -3.35. The molecule has 0 saturated carbocycles. The molecule has 0 bridgehead atoms. The second-order valence-electron chi connectivity index (χ2n) is 7.03. The van der Waals surface area contributed by atoms with Gasteiger partial charge in [-0.15, -0.1) is 0 Å². The number of hydrogen-bond acceptors (Lipinski definition) is 4. The number of carbonyl (C=O) groups excluding carboxylic acids is 2. The highest BCUT2D eigenvalue weighted by molar-refractivity contribution is 6.31. The van der Waals surface area contributed by atoms with Gasteiger partial charge in [0.25, 0.3) is 5.91 Å². The van der Waals surface area contributed by atoms with E-state index in [0.29, 0.717) is 16.8 Å². The molecular formula is C21H21FN4O2. The van der Waals surface area contributed by atoms with Crippen molar-refractivity contribution >= 4 is 34.4 Å². The molecule has 144 valence electrons. The lowest BCUT2D eigenvalue weighted by molar-refractivity contribution is -0.119. The SMILES string of the molecule is CC(=O)NC1CCN(c2ccc(NC=C3C(=O)Nc4cc(F)ccc43)cc2)C1. The number of fused-ring (bicyclic) bond motifs is 1. The third-order valence-corrected chi connectivity index (χ3v) is 4.98. The van der Waals surface area contributed by atoms with Crippen molar-refractivity contribution in [1.29, 1.82) is 0 Å². The Bertz CT molecular complexity index is 955. The largest absolute Gasteiger partial charge is 0.369 e. The van der Waals surface area contributed by atoms with Gasteiger partial charge in [0.05, 0.1) is 11.3 Å². The monoisotopic (exact) mass is 380 g/mol. The van der Waals surface area contributed by atoms with Crippen LogP contribution >= 0.6 is 0 Å². The van der Waals surface area contributed by atoms with Crippen LogP contribution in [-0.2, 0) is 9.59 Å². The number of hydrogen-bond donors (Lipinski definition) is 3. The second-order valence-corrected chi connectivity index (χ2v) is 7.03. The average molecular weight is 380 g/mol. The number of carbonyl (C=O) groups is 2. The standard InChI is InChI=1S/C21H21FN4O2/c1-13(27)24-16-8-9-26(12-16)17-5-3-15(4-6-17)23-11-19-18-7-2-14(22)10-20(18)25-21(19)28/h2-7,10-11,16,23H,8-9,12H2,1H3,(H,24,27)(H,25,28). The van der Waals surface area contributed by atoms with Crippen LogP contribution < -0.4 is 20.9 Å². The fourth-order valence-corrected chi connectivity index (χ4v) is 3.63. The van der Waals surface area contributed by atoms with E-state index >= 15 is 0 Å². The smallest absolute Gasteiger partial charge is 0.257 e. The van der Waals surface area contributed by atoms with Gasteiger partial charge in [-0.1, -0.05) is 0 Å². The minimum atomic E-state index is -0.383. The first kappa shape index (κ1) is 18.0. The first-order valence-corrected chi connectivity index (χ1v) is 9.20. The Morgan fingerprint density at radius 2 is 2.04 bits per heavy atom. The van der Waals surface area contributed by atoms with E-state index in [4.69, 9.17) is 0 Å². The lowest BCUT2D eigenvalue weighted by Crippen LogP contribution is -2.35. The molecule has 28 heavy (non-hydrogen) atoms. The van der Waals surface area contributed by atoms with Crippen molar-refractivity contribution in [2.24, 2.45) is 0 Å². The van der Waals surface area contributed by atoms with Crippen LogP contribution in [0.3, 0.4) is 0 Å². The van der Waals surface area contributed by atoms with Crippen LogP contribution in [0.25, 0.3) is 5.57 Å². The lowest BCUT2D eigenvalue weighted by Gasteiger charge is -2.19. The first-order chi connectivity index (χ1) is 13.5. The Morgan fingerprint density at radius 3 is 2.79 bits per heavy atom. The van der Waals surface area contributed by atoms with Crippen molar-refractivity contribution in [3.8, 4) is 0 Å². The molecule has 2 amide bonds. The molecule has 2 aliphatic heterocycles. The second kappa shape index (κ2) is 7.34. The van der Waals surface area contributed by atoms with Crippen LogP contribution in [0.4, 0.5) is 21.5 Å². The minimum Gasteiger partial charge on any atom is -0.369 e. The number of nitrogens with zero attached hydrogens (tertiary/aromatic N) is 1. The van der Waals surface area contributed by atoms with Crippen molar-refractivity contribution < 1.29 is 14.0 Å². The van der Waals surface area contributed by atoms with Crippen molar-refractivity contribution in [3.05, 3.63) is 60.0 Å². The highest BCUT2D eigenvalue weighted by Gasteiger charge is 2.25. The molecule has 0 aromatic heterocycles. The third-order valence-electron chi connectivity index (χ3n) is 4.98. The molecule has 4 rings (SSSR count). The lowest BCUT2D eigenvalue weighted by atomic mass is 10.1. The molecule has 2 aliphatic rings. The summed E-state index contributed by atoms with van der Waals surface area (Å²) in [6.45, 7) is 3.23. The molecule has 0 aliphatic carbocycles. The summed E-state index contributed by atoms with van der Waals surface area (Å²) in [7, 11) is 0. The van der Waals surface area contributed by atoms with Crippen LogP contribution in [0, 0.1) is 5.82 Å². The fraction of sp³-hybridized carbons (Fsp3) is 0.238. The van der Waals surface area contributed by atoms with E-state index in [2.05, 4.69) is 20.9 Å². The predicted molar refractivity (Wildman–Crippen MR) is 108 cm³/mol. The van der Waals surface area contributed by atoms with Gasteiger partial charge >= 0.3 is 0 Å². The Balaban J connectivity index is 1.43. The molecule has 1 fully saturated rings. The third kappa shape index (κ3) is 3.69. The molecule has 7 heteroatoms. The summed E-state index contributed by atoms with van der Waals surface area (Å²) in [6, 6.07) is 12.3. The van der Waals surface area contributed by atoms with E-state index in [1.54, 1.807) is 12.3 Å². The fourth-order valence-electron chi connectivity index (χ4n) is 3.63. The van der Waals surface area contributed by atoms with Crippen LogP contribution in [0.5, 0.6) is 0 Å². The van der Waals surface area contributed by atoms with E-state index in [9.17, 15) is 14.0 Å². The molecular weight excluding hydrogens is 359 g/mol. The molecule has 1 atom stereocenters. The summed E-state index contributed by atoms with van der Waals surface area (Å²) in [5.74, 6) is -0.642. The van der Waals surface area contributed by atoms with Crippen LogP contribution in [0.2, 0.25) is 0 Å². The molecule has 1 unspecified atom stereocenters. The van der Waals surface area contributed by atoms with E-state index in [0.717, 1.165) is 30.9 Å². The summed E-state index contributed by atoms with van der Waals surface area (Å²) in [4.78, 5) is 25.5. The minimum absolute atomic E-state index is 0.000281. The highest BCUT2D eigenvalue weighted by atomic mass is 19.1. The van der Waals surface area contributed by atoms with Gasteiger partial charge < -0.3 is 20.9 Å². The van der Waals surface area contributed by atoms with Crippen LogP contribution in [0.15, 0.2) is 48.7 Å². The molecule has 0 spiro atoms. The summed E-state index contributed by atoms with van der Waals surface area (Å²) in [5.41, 5.74) is 3.56. The number of amides is 2. The molecule has 2 aromatic carbocycles. The summed E-state index contributed by atoms with van der Waals surface area (Å²) in [6.07, 6.45) is 2.57. The van der Waals surface area contributed by atoms with E-state index in [1.165, 1.54) is 19.1 Å². The van der Waals surface area contributed by atoms with Crippen LogP contribution in [-0.4, -0.2) is 30.9 Å². The Kier molecular flexibility index (Phi) is 4.73. The maximum absolute atomic E-state index is 13.3. The first-order valence-electron chi connectivity index (χ1n) is 9.20. The normalized spacial score (nSPS) is 19.5. The quantitative estimate of drug-likeness (QED) is 0.713.